The van der Waals surface area contributed by atoms with Crippen LogP contribution >= 0.6 is 15.8 Å². The molecular weight excluding hydrogens is 633 g/mol. The normalized spacial score (nSPS) is 22.4. The van der Waals surface area contributed by atoms with Crippen LogP contribution in [0.3, 0.4) is 0 Å². The molecule has 222 valence electrons. The van der Waals surface area contributed by atoms with E-state index in [2.05, 4.69) is 18.2 Å². The molecule has 0 spiro atoms. The molecule has 38 heavy (non-hydrogen) atoms. The van der Waals surface area contributed by atoms with Gasteiger partial charge < -0.3 is 30.3 Å². The van der Waals surface area contributed by atoms with E-state index >= 15 is 0 Å². The Morgan fingerprint density at radius 1 is 0.526 bits per heavy atom. The molecule has 0 radical (unpaired) electrons. The van der Waals surface area contributed by atoms with E-state index in [1.165, 1.54) is 77.0 Å². The molecule has 4 aliphatic carbocycles. The molecule has 0 nitrogen and oxygen atoms in total. The molecule has 0 amide bonds. The van der Waals surface area contributed by atoms with Gasteiger partial charge in [0.1, 0.15) is 0 Å². The first-order valence-electron chi connectivity index (χ1n) is 15.9. The Bertz CT molecular complexity index is 717. The molecule has 2 aromatic carbocycles. The Balaban J connectivity index is 0.000000515. The van der Waals surface area contributed by atoms with Crippen LogP contribution in [0.25, 0.3) is 0 Å². The monoisotopic (exact) mass is 684 g/mol. The van der Waals surface area contributed by atoms with Crippen LogP contribution in [0.15, 0.2) is 48.5 Å². The SMILES string of the molecule is [Fe].[Pd].[cH-]1[cH-][cH-][cH-][cH-]1.c1cc(P(C2CCCCC2)C2CCCCC2)[c-](P(C2CCCCC2)C2CCCCC2)c1. The fourth-order valence-corrected chi connectivity index (χ4v) is 16.3. The first-order valence-corrected chi connectivity index (χ1v) is 18.9. The van der Waals surface area contributed by atoms with Gasteiger partial charge in [-0.15, -0.1) is 18.5 Å². The average molecular weight is 685 g/mol. The Morgan fingerprint density at radius 3 is 1.24 bits per heavy atom. The van der Waals surface area contributed by atoms with Crippen LogP contribution in [0.4, 0.5) is 0 Å². The van der Waals surface area contributed by atoms with Gasteiger partial charge in [-0.05, 0) is 74.0 Å². The Labute approximate surface area is 262 Å². The van der Waals surface area contributed by atoms with Gasteiger partial charge in [-0.1, -0.05) is 85.0 Å². The molecule has 0 bridgehead atoms. The van der Waals surface area contributed by atoms with Gasteiger partial charge in [0.05, 0.1) is 0 Å². The molecule has 0 aromatic heterocycles. The molecule has 6 rings (SSSR count). The summed E-state index contributed by atoms with van der Waals surface area (Å²) in [5.41, 5.74) is 4.23. The first-order chi connectivity index (χ1) is 17.9. The van der Waals surface area contributed by atoms with Crippen LogP contribution < -0.4 is 10.6 Å². The van der Waals surface area contributed by atoms with Gasteiger partial charge in [0.15, 0.2) is 0 Å². The van der Waals surface area contributed by atoms with E-state index in [0.29, 0.717) is 0 Å². The molecule has 0 unspecified atom stereocenters. The van der Waals surface area contributed by atoms with Crippen LogP contribution in [0.2, 0.25) is 0 Å². The third-order valence-electron chi connectivity index (χ3n) is 9.75. The summed E-state index contributed by atoms with van der Waals surface area (Å²) in [6.07, 6.45) is 30.6. The second-order valence-corrected chi connectivity index (χ2v) is 17.8. The number of hydrogen-bond acceptors (Lipinski definition) is 0. The van der Waals surface area contributed by atoms with Crippen molar-refractivity contribution in [3.8, 4) is 0 Å². The summed E-state index contributed by atoms with van der Waals surface area (Å²) < 4.78 is 0. The van der Waals surface area contributed by atoms with Crippen LogP contribution in [0.5, 0.6) is 0 Å². The Morgan fingerprint density at radius 2 is 0.868 bits per heavy atom. The summed E-state index contributed by atoms with van der Waals surface area (Å²) in [6.45, 7) is 0. The molecule has 4 fully saturated rings. The molecule has 4 saturated carbocycles. The van der Waals surface area contributed by atoms with Crippen molar-refractivity contribution in [3.05, 3.63) is 48.5 Å². The van der Waals surface area contributed by atoms with Crippen LogP contribution in [-0.4, -0.2) is 22.6 Å². The maximum Gasteiger partial charge on any atom is 0 e. The fourth-order valence-electron chi connectivity index (χ4n) is 7.98. The summed E-state index contributed by atoms with van der Waals surface area (Å²) in [4.78, 5) is 0. The molecule has 0 saturated heterocycles. The van der Waals surface area contributed by atoms with E-state index < -0.39 is 0 Å². The minimum absolute atomic E-state index is 0. The van der Waals surface area contributed by atoms with Crippen LogP contribution in [0.1, 0.15) is 128 Å². The van der Waals surface area contributed by atoms with Crippen molar-refractivity contribution in [2.45, 2.75) is 151 Å². The largest absolute Gasteiger partial charge is 0.748 e. The van der Waals surface area contributed by atoms with E-state index in [4.69, 9.17) is 0 Å². The summed E-state index contributed by atoms with van der Waals surface area (Å²) in [6, 6.07) is 17.9. The van der Waals surface area contributed by atoms with Gasteiger partial charge in [0.25, 0.3) is 0 Å². The molecule has 4 aliphatic rings. The van der Waals surface area contributed by atoms with Gasteiger partial charge >= 0.3 is 0 Å². The van der Waals surface area contributed by atoms with Crippen molar-refractivity contribution in [1.29, 1.82) is 0 Å². The van der Waals surface area contributed by atoms with Crippen LogP contribution in [-0.2, 0) is 37.5 Å². The summed E-state index contributed by atoms with van der Waals surface area (Å²) in [5.74, 6) is 0. The summed E-state index contributed by atoms with van der Waals surface area (Å²) in [5, 5.41) is 3.94. The van der Waals surface area contributed by atoms with E-state index in [9.17, 15) is 0 Å². The van der Waals surface area contributed by atoms with Crippen molar-refractivity contribution < 1.29 is 37.5 Å². The van der Waals surface area contributed by atoms with Crippen molar-refractivity contribution >= 4 is 26.5 Å². The zero-order valence-corrected chi connectivity index (χ0v) is 28.1. The Hall–Kier alpha value is 0.742. The maximum absolute atomic E-state index is 2.69. The molecular formula is C34H52FeP2Pd-6. The molecule has 2 aromatic rings. The van der Waals surface area contributed by atoms with Gasteiger partial charge in [0.2, 0.25) is 0 Å². The second kappa shape index (κ2) is 18.3. The minimum Gasteiger partial charge on any atom is -0.748 e. The quantitative estimate of drug-likeness (QED) is 0.161. The van der Waals surface area contributed by atoms with Crippen molar-refractivity contribution in [1.82, 2.24) is 0 Å². The predicted molar refractivity (Wildman–Crippen MR) is 165 cm³/mol. The van der Waals surface area contributed by atoms with Crippen molar-refractivity contribution in [3.63, 3.8) is 0 Å². The standard InChI is InChI=1S/C29H47P2.C5H5.Fe.Pd/c1-5-14-24(15-6-1)30(25-16-7-2-8-17-25)28-22-13-23-29(28)31(26-18-9-3-10-19-26)27-20-11-4-12-21-27;1-2-4-5-3-1;;/h13,22-27H,1-12,14-21H2;1-5H;;/q-1;-5;;. The number of rotatable bonds is 6. The molecule has 0 aliphatic heterocycles. The molecule has 0 heterocycles. The fraction of sp³-hybridized carbons (Fsp3) is 0.706. The molecule has 0 N–H and O–H groups in total. The maximum atomic E-state index is 2.69. The van der Waals surface area contributed by atoms with E-state index in [0.717, 1.165) is 22.6 Å². The summed E-state index contributed by atoms with van der Waals surface area (Å²) >= 11 is 0. The van der Waals surface area contributed by atoms with Crippen molar-refractivity contribution in [2.75, 3.05) is 0 Å². The van der Waals surface area contributed by atoms with E-state index in [1.807, 2.05) is 40.9 Å². The topological polar surface area (TPSA) is 0 Å². The minimum atomic E-state index is 0. The number of hydrogen-bond donors (Lipinski definition) is 0. The smallest absolute Gasteiger partial charge is 0 e. The first kappa shape index (κ1) is 33.2. The second-order valence-electron chi connectivity index (χ2n) is 12.2. The predicted octanol–water partition coefficient (Wildman–Crippen LogP) is 10.4. The van der Waals surface area contributed by atoms with Gasteiger partial charge in [-0.2, -0.15) is 6.07 Å². The molecule has 4 heteroatoms. The van der Waals surface area contributed by atoms with Gasteiger partial charge in [-0.3, -0.25) is 0 Å². The van der Waals surface area contributed by atoms with Crippen LogP contribution in [0, 0.1) is 0 Å². The van der Waals surface area contributed by atoms with Gasteiger partial charge in [-0.25, -0.2) is 12.1 Å². The van der Waals surface area contributed by atoms with Crippen molar-refractivity contribution in [2.24, 2.45) is 0 Å². The summed E-state index contributed by atoms with van der Waals surface area (Å²) in [7, 11) is 0.132. The zero-order chi connectivity index (χ0) is 24.4. The van der Waals surface area contributed by atoms with Gasteiger partial charge in [0, 0.05) is 37.5 Å². The Kier molecular flexibility index (Phi) is 16.0. The third kappa shape index (κ3) is 9.12. The molecule has 0 atom stereocenters. The van der Waals surface area contributed by atoms with E-state index in [-0.39, 0.29) is 53.3 Å². The third-order valence-corrected chi connectivity index (χ3v) is 17.0. The average Bonchev–Trinajstić information content (AvgIpc) is 3.68. The zero-order valence-electron chi connectivity index (χ0n) is 23.6. The van der Waals surface area contributed by atoms with E-state index in [1.54, 1.807) is 51.4 Å².